The summed E-state index contributed by atoms with van der Waals surface area (Å²) in [5, 5.41) is 2.62. The van der Waals surface area contributed by atoms with E-state index >= 15 is 0 Å². The summed E-state index contributed by atoms with van der Waals surface area (Å²) in [5.41, 5.74) is 4.89. The van der Waals surface area contributed by atoms with Crippen LogP contribution >= 0.6 is 12.4 Å². The van der Waals surface area contributed by atoms with Crippen molar-refractivity contribution < 1.29 is 22.2 Å². The van der Waals surface area contributed by atoms with Gasteiger partial charge in [-0.15, -0.1) is 12.4 Å². The highest BCUT2D eigenvalue weighted by atomic mass is 35.5. The minimum absolute atomic E-state index is 0. The number of para-hydroxylation sites is 1. The quantitative estimate of drug-likeness (QED) is 0.648. The third-order valence-electron chi connectivity index (χ3n) is 4.59. The van der Waals surface area contributed by atoms with Gasteiger partial charge in [-0.25, -0.2) is 4.98 Å². The Bertz CT molecular complexity index is 860. The Morgan fingerprint density at radius 3 is 2.68 bits per heavy atom. The van der Waals surface area contributed by atoms with Gasteiger partial charge in [0.05, 0.1) is 0 Å². The van der Waals surface area contributed by atoms with Gasteiger partial charge in [-0.05, 0) is 25.3 Å². The van der Waals surface area contributed by atoms with Crippen molar-refractivity contribution in [1.29, 1.82) is 0 Å². The molecular weight excluding hydrogens is 357 g/mol. The number of H-pyrrole nitrogens is 2. The van der Waals surface area contributed by atoms with Crippen molar-refractivity contribution in [3.05, 3.63) is 41.7 Å². The van der Waals surface area contributed by atoms with Crippen LogP contribution in [0.5, 0.6) is 0 Å². The number of hydrogen-bond acceptors (Lipinski definition) is 1. The smallest absolute Gasteiger partial charge is 0.219 e. The first-order chi connectivity index (χ1) is 11.1. The number of nitrogens with zero attached hydrogens (tertiary/aromatic N) is 1. The molecule has 0 saturated carbocycles. The lowest BCUT2D eigenvalue weighted by atomic mass is 10.0. The number of hydrogen-bond donors (Lipinski definition) is 1. The van der Waals surface area contributed by atoms with Gasteiger partial charge in [0.2, 0.25) is 11.6 Å². The van der Waals surface area contributed by atoms with Crippen molar-refractivity contribution >= 4 is 40.1 Å². The fourth-order valence-corrected chi connectivity index (χ4v) is 3.12. The molecule has 3 rings (SSSR count). The van der Waals surface area contributed by atoms with Crippen LogP contribution in [0.2, 0.25) is 0 Å². The standard InChI is InChI=1S/C19H23N3O.2ClH/c1-13-19-18(16-9-4-5-10-17(16)21-19)15(12-20-13)8-6-7-11-22(3)14(2)23;;/h4-5,9-10,12,21H,6-8,11H2,1-3H3;2*1H. The molecule has 4 nitrogen and oxygen atoms in total. The minimum Gasteiger partial charge on any atom is -1.00 e. The second-order valence-corrected chi connectivity index (χ2v) is 6.26. The van der Waals surface area contributed by atoms with Gasteiger partial charge in [0.15, 0.2) is 6.20 Å². The first-order valence-electron chi connectivity index (χ1n) is 8.20. The van der Waals surface area contributed by atoms with Crippen LogP contribution < -0.4 is 17.4 Å². The van der Waals surface area contributed by atoms with E-state index < -0.39 is 0 Å². The van der Waals surface area contributed by atoms with Gasteiger partial charge < -0.3 is 22.3 Å². The fraction of sp³-hybridized carbons (Fsp3) is 0.368. The molecule has 0 radical (unpaired) electrons. The average molecular weight is 382 g/mol. The van der Waals surface area contributed by atoms with Crippen molar-refractivity contribution in [3.63, 3.8) is 0 Å². The number of nitrogens with one attached hydrogen (secondary N) is 2. The van der Waals surface area contributed by atoms with Gasteiger partial charge in [0.25, 0.3) is 0 Å². The number of amides is 1. The Hall–Kier alpha value is -1.78. The number of aromatic amines is 2. The van der Waals surface area contributed by atoms with E-state index in [0.29, 0.717) is 0 Å². The molecule has 0 atom stereocenters. The number of rotatable bonds is 5. The molecule has 6 heteroatoms. The molecule has 2 N–H and O–H groups in total. The number of halogens is 2. The van der Waals surface area contributed by atoms with Crippen LogP contribution in [-0.2, 0) is 11.2 Å². The van der Waals surface area contributed by atoms with Crippen LogP contribution in [0.25, 0.3) is 21.8 Å². The number of fused-ring (bicyclic) bond motifs is 3. The van der Waals surface area contributed by atoms with Gasteiger partial charge >= 0.3 is 0 Å². The molecule has 25 heavy (non-hydrogen) atoms. The molecule has 0 unspecified atom stereocenters. The fourth-order valence-electron chi connectivity index (χ4n) is 3.12. The molecule has 0 bridgehead atoms. The number of aryl methyl sites for hydroxylation is 2. The summed E-state index contributed by atoms with van der Waals surface area (Å²) in [4.78, 5) is 19.9. The van der Waals surface area contributed by atoms with Crippen LogP contribution in [-0.4, -0.2) is 29.4 Å². The Balaban J connectivity index is 0.00000156. The SMILES string of the molecule is CC(=O)N(C)CCCCc1c[nH+]c(C)c2[nH]c3ccccc3c12.Cl.[Cl-]. The molecule has 1 amide bonds. The zero-order chi connectivity index (χ0) is 16.4. The highest BCUT2D eigenvalue weighted by molar-refractivity contribution is 6.09. The molecule has 0 spiro atoms. The summed E-state index contributed by atoms with van der Waals surface area (Å²) < 4.78 is 0. The van der Waals surface area contributed by atoms with Crippen molar-refractivity contribution in [3.8, 4) is 0 Å². The molecule has 0 aliphatic carbocycles. The molecule has 0 aliphatic rings. The second-order valence-electron chi connectivity index (χ2n) is 6.26. The summed E-state index contributed by atoms with van der Waals surface area (Å²) in [6, 6.07) is 8.46. The molecule has 0 saturated heterocycles. The van der Waals surface area contributed by atoms with E-state index in [0.717, 1.165) is 31.5 Å². The Morgan fingerprint density at radius 2 is 1.96 bits per heavy atom. The summed E-state index contributed by atoms with van der Waals surface area (Å²) in [7, 11) is 1.86. The predicted octanol–water partition coefficient (Wildman–Crippen LogP) is 0.670. The van der Waals surface area contributed by atoms with Crippen LogP contribution in [0, 0.1) is 6.92 Å². The Labute approximate surface area is 160 Å². The summed E-state index contributed by atoms with van der Waals surface area (Å²) in [6.07, 6.45) is 5.24. The second kappa shape index (κ2) is 9.07. The van der Waals surface area contributed by atoms with Gasteiger partial charge in [0.1, 0.15) is 5.52 Å². The molecule has 136 valence electrons. The van der Waals surface area contributed by atoms with Gasteiger partial charge in [-0.3, -0.25) is 4.79 Å². The van der Waals surface area contributed by atoms with E-state index in [9.17, 15) is 4.79 Å². The van der Waals surface area contributed by atoms with E-state index in [1.165, 1.54) is 27.4 Å². The first kappa shape index (κ1) is 21.3. The maximum atomic E-state index is 11.2. The van der Waals surface area contributed by atoms with E-state index in [-0.39, 0.29) is 30.7 Å². The van der Waals surface area contributed by atoms with Crippen molar-refractivity contribution in [2.75, 3.05) is 13.6 Å². The third kappa shape index (κ3) is 4.44. The van der Waals surface area contributed by atoms with Crippen molar-refractivity contribution in [1.82, 2.24) is 9.88 Å². The first-order valence-corrected chi connectivity index (χ1v) is 8.20. The minimum atomic E-state index is 0. The topological polar surface area (TPSA) is 50.2 Å². The highest BCUT2D eigenvalue weighted by Crippen LogP contribution is 2.29. The number of carbonyl (C=O) groups is 1. The lowest BCUT2D eigenvalue weighted by molar-refractivity contribution is -0.386. The Morgan fingerprint density at radius 1 is 1.24 bits per heavy atom. The molecule has 2 heterocycles. The monoisotopic (exact) mass is 381 g/mol. The lowest BCUT2D eigenvalue weighted by Gasteiger charge is -2.14. The van der Waals surface area contributed by atoms with E-state index in [4.69, 9.17) is 0 Å². The number of carbonyl (C=O) groups excluding carboxylic acids is 1. The van der Waals surface area contributed by atoms with Gasteiger partial charge in [-0.1, -0.05) is 18.2 Å². The summed E-state index contributed by atoms with van der Waals surface area (Å²) >= 11 is 0. The maximum absolute atomic E-state index is 11.2. The molecule has 2 aromatic heterocycles. The number of benzene rings is 1. The maximum Gasteiger partial charge on any atom is 0.219 e. The molecule has 0 fully saturated rings. The highest BCUT2D eigenvalue weighted by Gasteiger charge is 2.15. The van der Waals surface area contributed by atoms with Crippen molar-refractivity contribution in [2.45, 2.75) is 33.1 Å². The summed E-state index contributed by atoms with van der Waals surface area (Å²) in [6.45, 7) is 4.54. The molecule has 1 aromatic carbocycles. The van der Waals surface area contributed by atoms with Gasteiger partial charge in [0, 0.05) is 49.3 Å². The molecular formula is C19H25Cl2N3O. The normalized spacial score (nSPS) is 10.4. The molecule has 0 aliphatic heterocycles. The van der Waals surface area contributed by atoms with Crippen LogP contribution in [0.4, 0.5) is 0 Å². The number of unbranched alkanes of at least 4 members (excludes halogenated alkanes) is 1. The van der Waals surface area contributed by atoms with E-state index in [2.05, 4.69) is 47.4 Å². The molecule has 3 aromatic rings. The Kier molecular flexibility index (Phi) is 7.71. The number of pyridine rings is 1. The van der Waals surface area contributed by atoms with E-state index in [1.54, 1.807) is 11.8 Å². The summed E-state index contributed by atoms with van der Waals surface area (Å²) in [5.74, 6) is 0.132. The zero-order valence-corrected chi connectivity index (χ0v) is 16.4. The number of aromatic nitrogens is 2. The lowest BCUT2D eigenvalue weighted by Crippen LogP contribution is -3.00. The predicted molar refractivity (Wildman–Crippen MR) is 101 cm³/mol. The average Bonchev–Trinajstić information content (AvgIpc) is 2.93. The van der Waals surface area contributed by atoms with E-state index in [1.807, 2.05) is 7.05 Å². The third-order valence-corrected chi connectivity index (χ3v) is 4.59. The van der Waals surface area contributed by atoms with Crippen LogP contribution in [0.1, 0.15) is 31.0 Å². The largest absolute Gasteiger partial charge is 1.00 e. The van der Waals surface area contributed by atoms with Gasteiger partial charge in [-0.2, -0.15) is 0 Å². The van der Waals surface area contributed by atoms with Crippen LogP contribution in [0.15, 0.2) is 30.5 Å². The van der Waals surface area contributed by atoms with Crippen molar-refractivity contribution in [2.24, 2.45) is 0 Å². The zero-order valence-electron chi connectivity index (χ0n) is 14.9. The van der Waals surface area contributed by atoms with Crippen LogP contribution in [0.3, 0.4) is 0 Å².